The van der Waals surface area contributed by atoms with E-state index in [1.165, 1.54) is 19.3 Å². The van der Waals surface area contributed by atoms with Crippen LogP contribution in [0.5, 0.6) is 0 Å². The fourth-order valence-corrected chi connectivity index (χ4v) is 3.44. The minimum Gasteiger partial charge on any atom is -0.427 e. The molecule has 2 atom stereocenters. The predicted octanol–water partition coefficient (Wildman–Crippen LogP) is 4.20. The number of hydrogen-bond acceptors (Lipinski definition) is 6. The third-order valence-electron chi connectivity index (χ3n) is 5.10. The van der Waals surface area contributed by atoms with Crippen molar-refractivity contribution in [2.24, 2.45) is 0 Å². The molecule has 3 aliphatic carbocycles. The summed E-state index contributed by atoms with van der Waals surface area (Å²) in [7, 11) is 0. The predicted molar refractivity (Wildman–Crippen MR) is 105 cm³/mol. The molecule has 0 heterocycles. The minimum absolute atomic E-state index is 0.153. The summed E-state index contributed by atoms with van der Waals surface area (Å²) in [5.41, 5.74) is 0. The van der Waals surface area contributed by atoms with E-state index in [0.29, 0.717) is 0 Å². The van der Waals surface area contributed by atoms with Crippen molar-refractivity contribution in [2.75, 3.05) is 0 Å². The van der Waals surface area contributed by atoms with E-state index in [1.54, 1.807) is 0 Å². The fourth-order valence-electron chi connectivity index (χ4n) is 3.44. The molecule has 1 N–H and O–H groups in total. The second-order valence-electron chi connectivity index (χ2n) is 7.54. The Morgan fingerprint density at radius 3 is 2.11 bits per heavy atom. The number of aliphatic hydroxyl groups excluding tert-OH is 1. The highest BCUT2D eigenvalue weighted by Crippen LogP contribution is 2.18. The summed E-state index contributed by atoms with van der Waals surface area (Å²) in [6.07, 6.45) is 16.3. The third kappa shape index (κ3) is 8.38. The van der Waals surface area contributed by atoms with Gasteiger partial charge in [0.1, 0.15) is 6.10 Å². The molecule has 156 valence electrons. The Bertz CT molecular complexity index is 564. The first-order valence-electron chi connectivity index (χ1n) is 10.5. The SMILES string of the molecule is O=C(OC1/C=C/CCCCC1)OC1C(=O)CCC1=O.OC1/C=C/CCCCC1. The number of Topliss-reactive ketones (excluding diaryl/α,β-unsaturated/α-hetero) is 2. The van der Waals surface area contributed by atoms with E-state index < -0.39 is 12.3 Å². The second-order valence-corrected chi connectivity index (χ2v) is 7.54. The maximum Gasteiger partial charge on any atom is 0.510 e. The fraction of sp³-hybridized carbons (Fsp3) is 0.682. The van der Waals surface area contributed by atoms with E-state index in [1.807, 2.05) is 18.2 Å². The van der Waals surface area contributed by atoms with E-state index in [2.05, 4.69) is 6.08 Å². The largest absolute Gasteiger partial charge is 0.510 e. The van der Waals surface area contributed by atoms with E-state index in [4.69, 9.17) is 14.6 Å². The lowest BCUT2D eigenvalue weighted by Crippen LogP contribution is -2.30. The van der Waals surface area contributed by atoms with E-state index in [0.717, 1.165) is 44.9 Å². The van der Waals surface area contributed by atoms with Gasteiger partial charge >= 0.3 is 6.16 Å². The first kappa shape index (κ1) is 22.3. The van der Waals surface area contributed by atoms with Crippen LogP contribution in [-0.4, -0.2) is 41.1 Å². The van der Waals surface area contributed by atoms with Crippen LogP contribution < -0.4 is 0 Å². The van der Waals surface area contributed by atoms with Gasteiger partial charge in [0.25, 0.3) is 0 Å². The number of carbonyl (C=O) groups excluding carboxylic acids is 3. The molecule has 6 heteroatoms. The monoisotopic (exact) mass is 392 g/mol. The third-order valence-corrected chi connectivity index (χ3v) is 5.10. The quantitative estimate of drug-likeness (QED) is 0.430. The van der Waals surface area contributed by atoms with Crippen molar-refractivity contribution in [1.29, 1.82) is 0 Å². The summed E-state index contributed by atoms with van der Waals surface area (Å²) in [5, 5.41) is 9.13. The van der Waals surface area contributed by atoms with Crippen molar-refractivity contribution in [3.63, 3.8) is 0 Å². The Morgan fingerprint density at radius 2 is 1.43 bits per heavy atom. The molecule has 0 spiro atoms. The maximum absolute atomic E-state index is 11.6. The molecule has 28 heavy (non-hydrogen) atoms. The number of allylic oxidation sites excluding steroid dienone is 2. The highest BCUT2D eigenvalue weighted by Gasteiger charge is 2.37. The van der Waals surface area contributed by atoms with Crippen LogP contribution in [0.2, 0.25) is 0 Å². The molecule has 0 aromatic heterocycles. The van der Waals surface area contributed by atoms with Crippen LogP contribution in [0.4, 0.5) is 4.79 Å². The summed E-state index contributed by atoms with van der Waals surface area (Å²) in [6.45, 7) is 0. The van der Waals surface area contributed by atoms with Crippen LogP contribution in [-0.2, 0) is 19.1 Å². The van der Waals surface area contributed by atoms with Gasteiger partial charge in [-0.1, -0.05) is 37.5 Å². The number of hydrogen-bond donors (Lipinski definition) is 1. The van der Waals surface area contributed by atoms with Crippen molar-refractivity contribution in [1.82, 2.24) is 0 Å². The van der Waals surface area contributed by atoms with Crippen LogP contribution in [0, 0.1) is 0 Å². The van der Waals surface area contributed by atoms with Crippen LogP contribution in [0.3, 0.4) is 0 Å². The standard InChI is InChI=1S/C14H18O5.C8H14O/c15-11-8-9-12(16)13(11)19-14(17)18-10-6-4-2-1-3-5-7-10;9-8-6-4-2-1-3-5-7-8/h4,6,10,13H,1-3,5,7-9H2;4,6,8-9H,1-3,5,7H2/b2*6-4+. The van der Waals surface area contributed by atoms with Crippen molar-refractivity contribution in [3.05, 3.63) is 24.3 Å². The number of ether oxygens (including phenoxy) is 2. The summed E-state index contributed by atoms with van der Waals surface area (Å²) in [4.78, 5) is 34.3. The molecule has 0 bridgehead atoms. The minimum atomic E-state index is -1.25. The van der Waals surface area contributed by atoms with Crippen LogP contribution in [0.1, 0.15) is 77.0 Å². The van der Waals surface area contributed by atoms with Crippen LogP contribution in [0.25, 0.3) is 0 Å². The van der Waals surface area contributed by atoms with Crippen molar-refractivity contribution in [2.45, 2.75) is 95.4 Å². The van der Waals surface area contributed by atoms with E-state index >= 15 is 0 Å². The second kappa shape index (κ2) is 12.5. The zero-order chi connectivity index (χ0) is 20.2. The van der Waals surface area contributed by atoms with Crippen LogP contribution >= 0.6 is 0 Å². The smallest absolute Gasteiger partial charge is 0.427 e. The molecule has 1 saturated carbocycles. The van der Waals surface area contributed by atoms with Crippen LogP contribution in [0.15, 0.2) is 24.3 Å². The highest BCUT2D eigenvalue weighted by molar-refractivity contribution is 6.12. The molecule has 3 rings (SSSR count). The highest BCUT2D eigenvalue weighted by atomic mass is 16.7. The molecule has 0 saturated heterocycles. The molecule has 0 amide bonds. The molecule has 1 fully saturated rings. The van der Waals surface area contributed by atoms with Crippen molar-refractivity contribution < 1.29 is 29.0 Å². The first-order chi connectivity index (χ1) is 13.6. The Kier molecular flexibility index (Phi) is 9.97. The van der Waals surface area contributed by atoms with Gasteiger partial charge in [-0.3, -0.25) is 9.59 Å². The topological polar surface area (TPSA) is 89.9 Å². The van der Waals surface area contributed by atoms with Gasteiger partial charge < -0.3 is 14.6 Å². The Balaban J connectivity index is 0.000000261. The van der Waals surface area contributed by atoms with Gasteiger partial charge in [-0.2, -0.15) is 0 Å². The average molecular weight is 392 g/mol. The first-order valence-corrected chi connectivity index (χ1v) is 10.5. The zero-order valence-electron chi connectivity index (χ0n) is 16.5. The number of ketones is 2. The van der Waals surface area contributed by atoms with Gasteiger partial charge in [-0.15, -0.1) is 0 Å². The molecule has 3 aliphatic rings. The van der Waals surface area contributed by atoms with Gasteiger partial charge in [-0.25, -0.2) is 4.79 Å². The molecule has 0 radical (unpaired) electrons. The lowest BCUT2D eigenvalue weighted by atomic mass is 10.0. The molecule has 6 nitrogen and oxygen atoms in total. The maximum atomic E-state index is 11.6. The molecular weight excluding hydrogens is 360 g/mol. The molecular formula is C22H32O6. The summed E-state index contributed by atoms with van der Waals surface area (Å²) < 4.78 is 9.95. The Hall–Kier alpha value is -1.95. The van der Waals surface area contributed by atoms with Gasteiger partial charge in [-0.05, 0) is 51.0 Å². The normalized spacial score (nSPS) is 28.6. The van der Waals surface area contributed by atoms with Crippen molar-refractivity contribution in [3.8, 4) is 0 Å². The van der Waals surface area contributed by atoms with Gasteiger partial charge in [0.05, 0.1) is 6.10 Å². The Labute approximate surface area is 167 Å². The molecule has 0 aromatic carbocycles. The van der Waals surface area contributed by atoms with E-state index in [-0.39, 0.29) is 36.6 Å². The van der Waals surface area contributed by atoms with Gasteiger partial charge in [0.15, 0.2) is 11.6 Å². The molecule has 2 unspecified atom stereocenters. The average Bonchev–Trinajstić information content (AvgIpc) is 2.93. The van der Waals surface area contributed by atoms with Gasteiger partial charge in [0.2, 0.25) is 6.10 Å². The summed E-state index contributed by atoms with van der Waals surface area (Å²) in [5.74, 6) is -0.676. The summed E-state index contributed by atoms with van der Waals surface area (Å²) in [6, 6.07) is 0. The van der Waals surface area contributed by atoms with Gasteiger partial charge in [0, 0.05) is 12.8 Å². The lowest BCUT2D eigenvalue weighted by molar-refractivity contribution is -0.134. The number of carbonyl (C=O) groups is 3. The summed E-state index contributed by atoms with van der Waals surface area (Å²) >= 11 is 0. The van der Waals surface area contributed by atoms with Crippen molar-refractivity contribution >= 4 is 17.7 Å². The Morgan fingerprint density at radius 1 is 0.821 bits per heavy atom. The zero-order valence-corrected chi connectivity index (χ0v) is 16.5. The number of rotatable bonds is 2. The molecule has 0 aliphatic heterocycles. The van der Waals surface area contributed by atoms with E-state index in [9.17, 15) is 14.4 Å². The lowest BCUT2D eigenvalue weighted by Gasteiger charge is -2.17. The number of aliphatic hydroxyl groups is 1. The molecule has 0 aromatic rings.